The molecule has 1 aliphatic rings. The molecule has 0 N–H and O–H groups in total. The summed E-state index contributed by atoms with van der Waals surface area (Å²) in [4.78, 5) is 11.0. The van der Waals surface area contributed by atoms with E-state index in [0.717, 1.165) is 49.4 Å². The van der Waals surface area contributed by atoms with Gasteiger partial charge in [-0.15, -0.1) is 10.2 Å². The lowest BCUT2D eigenvalue weighted by Crippen LogP contribution is -2.32. The zero-order valence-electron chi connectivity index (χ0n) is 15.5. The van der Waals surface area contributed by atoms with Crippen LogP contribution in [0.5, 0.6) is 0 Å². The molecule has 4 heterocycles. The monoisotopic (exact) mass is 371 g/mol. The second-order valence-electron chi connectivity index (χ2n) is 7.27. The van der Waals surface area contributed by atoms with Gasteiger partial charge in [-0.25, -0.2) is 0 Å². The Hall–Kier alpha value is -3.12. The summed E-state index contributed by atoms with van der Waals surface area (Å²) in [5, 5.41) is 9.69. The minimum absolute atomic E-state index is 0.329. The van der Waals surface area contributed by atoms with Gasteiger partial charge in [0.25, 0.3) is 0 Å². The maximum atomic E-state index is 5.92. The fourth-order valence-electron chi connectivity index (χ4n) is 3.83. The van der Waals surface area contributed by atoms with E-state index < -0.39 is 0 Å². The Balaban J connectivity index is 1.22. The van der Waals surface area contributed by atoms with Crippen LogP contribution in [0.2, 0.25) is 0 Å². The van der Waals surface area contributed by atoms with E-state index >= 15 is 0 Å². The quantitative estimate of drug-likeness (QED) is 0.539. The normalized spacial score (nSPS) is 15.9. The minimum atomic E-state index is 0.329. The standard InChI is InChI=1S/C22H21N5O/c1-4-19(14-23-9-1)22-26-25-21(28-22)17-7-11-27(12-8-17)15-16-5-6-20-18(13-16)3-2-10-24-20/h1-6,9-10,13-14,17H,7-8,11-12,15H2. The van der Waals surface area contributed by atoms with Gasteiger partial charge in [-0.05, 0) is 61.8 Å². The molecule has 0 atom stereocenters. The molecule has 0 radical (unpaired) electrons. The van der Waals surface area contributed by atoms with E-state index in [-0.39, 0.29) is 0 Å². The first-order chi connectivity index (χ1) is 13.8. The summed E-state index contributed by atoms with van der Waals surface area (Å²) in [6, 6.07) is 14.4. The highest BCUT2D eigenvalue weighted by Gasteiger charge is 2.25. The SMILES string of the molecule is c1cncc(-c2nnc(C3CCN(Cc4ccc5ncccc5c4)CC3)o2)c1. The van der Waals surface area contributed by atoms with E-state index in [9.17, 15) is 0 Å². The smallest absolute Gasteiger partial charge is 0.249 e. The van der Waals surface area contributed by atoms with Crippen LogP contribution in [-0.4, -0.2) is 38.2 Å². The Morgan fingerprint density at radius 2 is 1.89 bits per heavy atom. The number of nitrogens with zero attached hydrogens (tertiary/aromatic N) is 5. The number of fused-ring (bicyclic) bond motifs is 1. The van der Waals surface area contributed by atoms with Crippen LogP contribution in [0.4, 0.5) is 0 Å². The van der Waals surface area contributed by atoms with Crippen molar-refractivity contribution in [2.24, 2.45) is 0 Å². The maximum absolute atomic E-state index is 5.92. The van der Waals surface area contributed by atoms with Crippen molar-refractivity contribution in [3.63, 3.8) is 0 Å². The molecule has 1 aliphatic heterocycles. The van der Waals surface area contributed by atoms with Gasteiger partial charge in [0.05, 0.1) is 11.1 Å². The summed E-state index contributed by atoms with van der Waals surface area (Å²) in [6.07, 6.45) is 7.39. The third-order valence-corrected chi connectivity index (χ3v) is 5.36. The van der Waals surface area contributed by atoms with Gasteiger partial charge >= 0.3 is 0 Å². The molecule has 3 aromatic heterocycles. The molecule has 0 amide bonds. The van der Waals surface area contributed by atoms with E-state index in [1.165, 1.54) is 10.9 Å². The van der Waals surface area contributed by atoms with Crippen molar-refractivity contribution in [2.45, 2.75) is 25.3 Å². The first-order valence-electron chi connectivity index (χ1n) is 9.65. The molecule has 0 aliphatic carbocycles. The molecule has 28 heavy (non-hydrogen) atoms. The molecule has 0 spiro atoms. The largest absolute Gasteiger partial charge is 0.420 e. The molecule has 5 rings (SSSR count). The Kier molecular flexibility index (Phi) is 4.54. The van der Waals surface area contributed by atoms with Crippen molar-refractivity contribution in [2.75, 3.05) is 13.1 Å². The van der Waals surface area contributed by atoms with Gasteiger partial charge in [-0.3, -0.25) is 14.9 Å². The summed E-state index contributed by atoms with van der Waals surface area (Å²) < 4.78 is 5.92. The Labute approximate surface area is 163 Å². The number of pyridine rings is 2. The van der Waals surface area contributed by atoms with Crippen molar-refractivity contribution >= 4 is 10.9 Å². The molecule has 1 aromatic carbocycles. The van der Waals surface area contributed by atoms with E-state index in [0.29, 0.717) is 11.8 Å². The number of piperidine rings is 1. The zero-order chi connectivity index (χ0) is 18.8. The van der Waals surface area contributed by atoms with E-state index in [2.05, 4.69) is 49.3 Å². The Morgan fingerprint density at radius 1 is 1.00 bits per heavy atom. The minimum Gasteiger partial charge on any atom is -0.420 e. The van der Waals surface area contributed by atoms with Gasteiger partial charge in [-0.2, -0.15) is 0 Å². The van der Waals surface area contributed by atoms with Crippen LogP contribution in [0, 0.1) is 0 Å². The van der Waals surface area contributed by atoms with Crippen LogP contribution < -0.4 is 0 Å². The van der Waals surface area contributed by atoms with E-state index in [1.54, 1.807) is 12.4 Å². The molecule has 6 nitrogen and oxygen atoms in total. The summed E-state index contributed by atoms with van der Waals surface area (Å²) >= 11 is 0. The highest BCUT2D eigenvalue weighted by Crippen LogP contribution is 2.30. The van der Waals surface area contributed by atoms with Crippen molar-refractivity contribution in [3.05, 3.63) is 72.5 Å². The first kappa shape index (κ1) is 17.0. The molecule has 4 aromatic rings. The topological polar surface area (TPSA) is 67.9 Å². The summed E-state index contributed by atoms with van der Waals surface area (Å²) in [7, 11) is 0. The van der Waals surface area contributed by atoms with Gasteiger partial charge < -0.3 is 4.42 Å². The zero-order valence-corrected chi connectivity index (χ0v) is 15.5. The van der Waals surface area contributed by atoms with Crippen LogP contribution in [0.1, 0.15) is 30.2 Å². The molecule has 0 unspecified atom stereocenters. The van der Waals surface area contributed by atoms with Crippen LogP contribution in [0.15, 0.2) is 65.5 Å². The van der Waals surface area contributed by atoms with Crippen LogP contribution in [0.3, 0.4) is 0 Å². The lowest BCUT2D eigenvalue weighted by Gasteiger charge is -2.30. The number of benzene rings is 1. The molecule has 6 heteroatoms. The fourth-order valence-corrected chi connectivity index (χ4v) is 3.83. The van der Waals surface area contributed by atoms with Crippen molar-refractivity contribution in [1.29, 1.82) is 0 Å². The van der Waals surface area contributed by atoms with Crippen molar-refractivity contribution < 1.29 is 4.42 Å². The average Bonchev–Trinajstić information content (AvgIpc) is 3.25. The Bertz CT molecular complexity index is 1070. The number of rotatable bonds is 4. The first-order valence-corrected chi connectivity index (χ1v) is 9.65. The number of aromatic nitrogens is 4. The molecule has 0 bridgehead atoms. The highest BCUT2D eigenvalue weighted by molar-refractivity contribution is 5.78. The molecular formula is C22H21N5O. The predicted molar refractivity (Wildman–Crippen MR) is 107 cm³/mol. The van der Waals surface area contributed by atoms with Gasteiger partial charge in [0.2, 0.25) is 11.8 Å². The fraction of sp³-hybridized carbons (Fsp3) is 0.273. The van der Waals surface area contributed by atoms with E-state index in [4.69, 9.17) is 4.42 Å². The lowest BCUT2D eigenvalue weighted by atomic mass is 9.96. The Morgan fingerprint density at radius 3 is 2.75 bits per heavy atom. The lowest BCUT2D eigenvalue weighted by molar-refractivity contribution is 0.193. The van der Waals surface area contributed by atoms with E-state index in [1.807, 2.05) is 24.4 Å². The molecule has 0 saturated carbocycles. The molecule has 140 valence electrons. The van der Waals surface area contributed by atoms with Crippen molar-refractivity contribution in [1.82, 2.24) is 25.1 Å². The summed E-state index contributed by atoms with van der Waals surface area (Å²) in [6.45, 7) is 3.02. The predicted octanol–water partition coefficient (Wildman–Crippen LogP) is 4.06. The van der Waals surface area contributed by atoms with Crippen LogP contribution in [-0.2, 0) is 6.54 Å². The van der Waals surface area contributed by atoms with Gasteiger partial charge in [0.1, 0.15) is 0 Å². The van der Waals surface area contributed by atoms with Crippen LogP contribution in [0.25, 0.3) is 22.4 Å². The highest BCUT2D eigenvalue weighted by atomic mass is 16.4. The summed E-state index contributed by atoms with van der Waals surface area (Å²) in [5.41, 5.74) is 3.24. The molecule has 1 saturated heterocycles. The van der Waals surface area contributed by atoms with Gasteiger partial charge in [0, 0.05) is 36.4 Å². The number of hydrogen-bond donors (Lipinski definition) is 0. The summed E-state index contributed by atoms with van der Waals surface area (Å²) in [5.74, 6) is 1.63. The molecule has 1 fully saturated rings. The second-order valence-corrected chi connectivity index (χ2v) is 7.27. The van der Waals surface area contributed by atoms with Crippen molar-refractivity contribution in [3.8, 4) is 11.5 Å². The maximum Gasteiger partial charge on any atom is 0.249 e. The van der Waals surface area contributed by atoms with Gasteiger partial charge in [-0.1, -0.05) is 12.1 Å². The number of hydrogen-bond acceptors (Lipinski definition) is 6. The second kappa shape index (κ2) is 7.48. The van der Waals surface area contributed by atoms with Gasteiger partial charge in [0.15, 0.2) is 0 Å². The van der Waals surface area contributed by atoms with Crippen LogP contribution >= 0.6 is 0 Å². The third-order valence-electron chi connectivity index (χ3n) is 5.36. The average molecular weight is 371 g/mol. The molecular weight excluding hydrogens is 350 g/mol. The third kappa shape index (κ3) is 3.51. The number of likely N-dealkylation sites (tertiary alicyclic amines) is 1.